The van der Waals surface area contributed by atoms with Gasteiger partial charge in [0, 0.05) is 13.1 Å². The molecule has 3 N–H and O–H groups in total. The zero-order valence-electron chi connectivity index (χ0n) is 16.0. The lowest BCUT2D eigenvalue weighted by Crippen LogP contribution is -2.19. The Labute approximate surface area is 176 Å². The summed E-state index contributed by atoms with van der Waals surface area (Å²) < 4.78 is 5.20. The van der Waals surface area contributed by atoms with Crippen molar-refractivity contribution in [2.75, 3.05) is 24.8 Å². The Morgan fingerprint density at radius 1 is 1.17 bits per heavy atom. The van der Waals surface area contributed by atoms with Gasteiger partial charge in [0.1, 0.15) is 10.8 Å². The van der Waals surface area contributed by atoms with E-state index in [4.69, 9.17) is 16.3 Å². The van der Waals surface area contributed by atoms with Crippen LogP contribution in [0, 0.1) is 10.1 Å². The highest BCUT2D eigenvalue weighted by atomic mass is 35.5. The van der Waals surface area contributed by atoms with Gasteiger partial charge in [-0.3, -0.25) is 14.9 Å². The van der Waals surface area contributed by atoms with Crippen LogP contribution in [0.4, 0.5) is 28.8 Å². The Morgan fingerprint density at radius 2 is 1.93 bits per heavy atom. The third kappa shape index (κ3) is 4.55. The first-order valence-electron chi connectivity index (χ1n) is 8.63. The number of carbonyl (C=O) groups is 1. The number of rotatable bonds is 7. The predicted molar refractivity (Wildman–Crippen MR) is 113 cm³/mol. The van der Waals surface area contributed by atoms with Crippen molar-refractivity contribution in [3.05, 3.63) is 69.4 Å². The van der Waals surface area contributed by atoms with Crippen LogP contribution in [0.3, 0.4) is 0 Å². The summed E-state index contributed by atoms with van der Waals surface area (Å²) in [4.78, 5) is 31.0. The van der Waals surface area contributed by atoms with E-state index in [1.54, 1.807) is 24.3 Å². The molecule has 0 bridgehead atoms. The highest BCUT2D eigenvalue weighted by Crippen LogP contribution is 2.32. The lowest BCUT2D eigenvalue weighted by molar-refractivity contribution is -0.384. The van der Waals surface area contributed by atoms with Crippen LogP contribution in [0.1, 0.15) is 10.4 Å². The van der Waals surface area contributed by atoms with Crippen molar-refractivity contribution in [2.24, 2.45) is 0 Å². The van der Waals surface area contributed by atoms with Crippen LogP contribution in [-0.2, 0) is 0 Å². The summed E-state index contributed by atoms with van der Waals surface area (Å²) in [6, 6.07) is 11.0. The molecule has 0 aliphatic heterocycles. The SMILES string of the molecule is CNC(=O)c1ccccc1Nc1nc(Nc2ccc([N+](=O)[O-])cc2OC)ncc1Cl. The number of hydrogen-bond acceptors (Lipinski definition) is 8. The molecule has 154 valence electrons. The van der Waals surface area contributed by atoms with Gasteiger partial charge in [-0.2, -0.15) is 4.98 Å². The van der Waals surface area contributed by atoms with E-state index in [0.29, 0.717) is 16.9 Å². The number of para-hydroxylation sites is 1. The van der Waals surface area contributed by atoms with Gasteiger partial charge in [0.2, 0.25) is 5.95 Å². The zero-order chi connectivity index (χ0) is 21.7. The maximum absolute atomic E-state index is 12.1. The number of benzene rings is 2. The van der Waals surface area contributed by atoms with Crippen molar-refractivity contribution in [1.29, 1.82) is 0 Å². The quantitative estimate of drug-likeness (QED) is 0.381. The summed E-state index contributed by atoms with van der Waals surface area (Å²) in [5.74, 6) is 0.428. The first-order valence-corrected chi connectivity index (χ1v) is 9.01. The maximum atomic E-state index is 12.1. The molecule has 0 aliphatic carbocycles. The van der Waals surface area contributed by atoms with Crippen molar-refractivity contribution in [1.82, 2.24) is 15.3 Å². The molecule has 3 rings (SSSR count). The van der Waals surface area contributed by atoms with Crippen molar-refractivity contribution in [2.45, 2.75) is 0 Å². The Morgan fingerprint density at radius 3 is 2.63 bits per heavy atom. The van der Waals surface area contributed by atoms with E-state index >= 15 is 0 Å². The number of methoxy groups -OCH3 is 1. The molecule has 30 heavy (non-hydrogen) atoms. The number of anilines is 4. The van der Waals surface area contributed by atoms with E-state index < -0.39 is 4.92 Å². The largest absolute Gasteiger partial charge is 0.494 e. The van der Waals surface area contributed by atoms with E-state index in [0.717, 1.165) is 0 Å². The highest BCUT2D eigenvalue weighted by molar-refractivity contribution is 6.33. The zero-order valence-corrected chi connectivity index (χ0v) is 16.7. The van der Waals surface area contributed by atoms with E-state index in [1.165, 1.54) is 38.6 Å². The van der Waals surface area contributed by atoms with Crippen LogP contribution < -0.4 is 20.7 Å². The van der Waals surface area contributed by atoms with Crippen LogP contribution in [0.15, 0.2) is 48.7 Å². The number of non-ortho nitro benzene ring substituents is 1. The molecule has 1 amide bonds. The molecule has 10 nitrogen and oxygen atoms in total. The second-order valence-electron chi connectivity index (χ2n) is 5.91. The molecule has 0 radical (unpaired) electrons. The van der Waals surface area contributed by atoms with Gasteiger partial charge in [-0.15, -0.1) is 0 Å². The van der Waals surface area contributed by atoms with Crippen molar-refractivity contribution in [3.8, 4) is 5.75 Å². The summed E-state index contributed by atoms with van der Waals surface area (Å²) in [5, 5.41) is 19.7. The fourth-order valence-electron chi connectivity index (χ4n) is 2.58. The van der Waals surface area contributed by atoms with Crippen LogP contribution in [0.2, 0.25) is 5.02 Å². The monoisotopic (exact) mass is 428 g/mol. The molecule has 0 saturated heterocycles. The van der Waals surface area contributed by atoms with Gasteiger partial charge in [-0.1, -0.05) is 23.7 Å². The molecule has 0 saturated carbocycles. The first kappa shape index (κ1) is 20.8. The van der Waals surface area contributed by atoms with E-state index in [2.05, 4.69) is 25.9 Å². The van der Waals surface area contributed by atoms with Crippen LogP contribution in [0.25, 0.3) is 0 Å². The Hall–Kier alpha value is -3.92. The summed E-state index contributed by atoms with van der Waals surface area (Å²) in [6.07, 6.45) is 1.39. The fraction of sp³-hybridized carbons (Fsp3) is 0.105. The van der Waals surface area contributed by atoms with Gasteiger partial charge < -0.3 is 20.7 Å². The van der Waals surface area contributed by atoms with E-state index in [9.17, 15) is 14.9 Å². The third-order valence-electron chi connectivity index (χ3n) is 4.04. The van der Waals surface area contributed by atoms with Gasteiger partial charge >= 0.3 is 0 Å². The minimum Gasteiger partial charge on any atom is -0.494 e. The van der Waals surface area contributed by atoms with E-state index in [-0.39, 0.29) is 34.1 Å². The molecule has 1 heterocycles. The number of hydrogen-bond donors (Lipinski definition) is 3. The second kappa shape index (κ2) is 9.05. The van der Waals surface area contributed by atoms with E-state index in [1.807, 2.05) is 0 Å². The number of nitro benzene ring substituents is 1. The predicted octanol–water partition coefficient (Wildman–Crippen LogP) is 3.89. The van der Waals surface area contributed by atoms with Gasteiger partial charge in [0.25, 0.3) is 11.6 Å². The molecule has 0 atom stereocenters. The summed E-state index contributed by atoms with van der Waals surface area (Å²) in [6.45, 7) is 0. The van der Waals surface area contributed by atoms with Gasteiger partial charge in [0.15, 0.2) is 5.82 Å². The van der Waals surface area contributed by atoms with Crippen LogP contribution in [-0.4, -0.2) is 35.0 Å². The average molecular weight is 429 g/mol. The standard InChI is InChI=1S/C19H17ClN6O4/c1-21-18(27)12-5-3-4-6-14(12)23-17-13(20)10-22-19(25-17)24-15-8-7-11(26(28)29)9-16(15)30-2/h3-10H,1-2H3,(H,21,27)(H2,22,23,24,25). The normalized spacial score (nSPS) is 10.2. The maximum Gasteiger partial charge on any atom is 0.273 e. The topological polar surface area (TPSA) is 131 Å². The molecule has 3 aromatic rings. The molecule has 0 fully saturated rings. The molecular weight excluding hydrogens is 412 g/mol. The number of halogens is 1. The third-order valence-corrected chi connectivity index (χ3v) is 4.31. The molecular formula is C19H17ClN6O4. The Balaban J connectivity index is 1.90. The second-order valence-corrected chi connectivity index (χ2v) is 6.31. The molecule has 2 aromatic carbocycles. The first-order chi connectivity index (χ1) is 14.4. The Bertz CT molecular complexity index is 1110. The number of aromatic nitrogens is 2. The van der Waals surface area contributed by atoms with Crippen LogP contribution >= 0.6 is 11.6 Å². The summed E-state index contributed by atoms with van der Waals surface area (Å²) in [7, 11) is 2.94. The number of nitro groups is 1. The number of nitrogens with one attached hydrogen (secondary N) is 3. The van der Waals surface area contributed by atoms with Gasteiger partial charge in [-0.25, -0.2) is 4.98 Å². The van der Waals surface area contributed by atoms with Gasteiger partial charge in [-0.05, 0) is 18.2 Å². The van der Waals surface area contributed by atoms with Gasteiger partial charge in [0.05, 0.1) is 41.2 Å². The highest BCUT2D eigenvalue weighted by Gasteiger charge is 2.15. The molecule has 0 spiro atoms. The Kier molecular flexibility index (Phi) is 6.28. The summed E-state index contributed by atoms with van der Waals surface area (Å²) >= 11 is 6.21. The van der Waals surface area contributed by atoms with Crippen molar-refractivity contribution in [3.63, 3.8) is 0 Å². The van der Waals surface area contributed by atoms with Crippen molar-refractivity contribution >= 4 is 46.3 Å². The molecule has 0 unspecified atom stereocenters. The van der Waals surface area contributed by atoms with Crippen molar-refractivity contribution < 1.29 is 14.5 Å². The smallest absolute Gasteiger partial charge is 0.273 e. The lowest BCUT2D eigenvalue weighted by Gasteiger charge is -2.13. The molecule has 0 aliphatic rings. The number of nitrogens with zero attached hydrogens (tertiary/aromatic N) is 3. The minimum atomic E-state index is -0.517. The summed E-state index contributed by atoms with van der Waals surface area (Å²) in [5.41, 5.74) is 1.25. The lowest BCUT2D eigenvalue weighted by atomic mass is 10.1. The number of ether oxygens (including phenoxy) is 1. The fourth-order valence-corrected chi connectivity index (χ4v) is 2.72. The average Bonchev–Trinajstić information content (AvgIpc) is 2.76. The number of carbonyl (C=O) groups excluding carboxylic acids is 1. The molecule has 1 aromatic heterocycles. The molecule has 11 heteroatoms. The minimum absolute atomic E-state index is 0.109. The number of amides is 1. The van der Waals surface area contributed by atoms with Crippen LogP contribution in [0.5, 0.6) is 5.75 Å².